The van der Waals surface area contributed by atoms with Gasteiger partial charge in [0.25, 0.3) is 6.47 Å². The molecule has 1 fully saturated rings. The molecule has 5 atom stereocenters. The maximum absolute atomic E-state index is 10.0. The molecule has 1 saturated heterocycles. The molecule has 1 aliphatic rings. The van der Waals surface area contributed by atoms with Crippen molar-refractivity contribution >= 4 is 12.6 Å². The number of hydrogen-bond donors (Lipinski definition) is 6. The monoisotopic (exact) mass is 1160 g/mol. The zero-order chi connectivity index (χ0) is 58.1. The van der Waals surface area contributed by atoms with Gasteiger partial charge in [-0.15, -0.1) is 0 Å². The Morgan fingerprint density at radius 3 is 0.975 bits per heavy atom. The van der Waals surface area contributed by atoms with Crippen molar-refractivity contribution in [3.8, 4) is 34.5 Å². The van der Waals surface area contributed by atoms with Crippen LogP contribution in [0, 0.1) is 0 Å². The number of carbonyl (C=O) groups is 2. The summed E-state index contributed by atoms with van der Waals surface area (Å²) in [4.78, 5) is 21.3. The van der Waals surface area contributed by atoms with Gasteiger partial charge in [-0.25, -0.2) is 4.79 Å². The van der Waals surface area contributed by atoms with Crippen LogP contribution in [-0.2, 0) is 35.4 Å². The summed E-state index contributed by atoms with van der Waals surface area (Å²) in [5.74, 6) is 3.56. The van der Waals surface area contributed by atoms with E-state index in [1.807, 2.05) is 79.7 Å². The van der Waals surface area contributed by atoms with Crippen LogP contribution in [0.5, 0.6) is 34.5 Å². The predicted octanol–water partition coefficient (Wildman–Crippen LogP) is 3.58. The van der Waals surface area contributed by atoms with Crippen molar-refractivity contribution in [1.29, 1.82) is 0 Å². The number of benzene rings is 6. The first-order valence-corrected chi connectivity index (χ1v) is 25.6. The van der Waals surface area contributed by atoms with Gasteiger partial charge in [0.15, 0.2) is 0 Å². The van der Waals surface area contributed by atoms with Crippen molar-refractivity contribution in [2.75, 3.05) is 33.0 Å². The van der Waals surface area contributed by atoms with Crippen LogP contribution in [-0.4, -0.2) is 107 Å². The van der Waals surface area contributed by atoms with Crippen LogP contribution >= 0.6 is 0 Å². The van der Waals surface area contributed by atoms with Crippen molar-refractivity contribution in [2.45, 2.75) is 123 Å². The number of carbonyl (C=O) groups excluding carboxylic acids is 2. The topological polar surface area (TPSA) is 243 Å². The molecule has 0 amide bonds. The summed E-state index contributed by atoms with van der Waals surface area (Å²) in [7, 11) is 0. The Morgan fingerprint density at radius 2 is 0.787 bits per heavy atom. The van der Waals surface area contributed by atoms with E-state index in [1.165, 1.54) is 22.3 Å². The van der Waals surface area contributed by atoms with E-state index in [4.69, 9.17) is 34.1 Å². The van der Waals surface area contributed by atoms with Crippen molar-refractivity contribution in [2.24, 2.45) is 0 Å². The third-order valence-electron chi connectivity index (χ3n) is 12.3. The summed E-state index contributed by atoms with van der Waals surface area (Å²) in [5.41, 5.74) is 6.48. The quantitative estimate of drug-likeness (QED) is 0.0223. The van der Waals surface area contributed by atoms with Gasteiger partial charge in [0.2, 0.25) is 0 Å². The standard InChI is InChI=1S/2C21H28O4.C15H16O2.C4H6O3.CH2O3.2K.H/c1-15(23)14-24-19-9-5-17(6-10-19)21(3,4)18-7-11-20(12-8-18)25-16(2)13-22;1-15(22)13-24-19-9-5-17(6-10-19)21(3,4)18-7-11-20(12-8-18)25-14-16(2)23;1-15(2,11-3-7-13(16)8-4-11)12-5-9-14(17)10-6-12;1-3-2-6-4(5)7-3;2-1-4-3;;;/h2*5-12,15-16,22-23H,13-14H2,1-4H3;3-10,16-17H,1-2H3;3H,2H2,1H3;1,3H;;;/q;;;;;2*+1;-1/p-1. The van der Waals surface area contributed by atoms with Gasteiger partial charge in [-0.2, -0.15) is 0 Å². The Balaban J connectivity index is 0.00000107. The van der Waals surface area contributed by atoms with Gasteiger partial charge >= 0.3 is 109 Å². The molecular formula is C62H80K2O16. The number of ether oxygens (including phenoxy) is 6. The molecule has 5 unspecified atom stereocenters. The summed E-state index contributed by atoms with van der Waals surface area (Å²) in [6, 6.07) is 46.3. The summed E-state index contributed by atoms with van der Waals surface area (Å²) in [6.45, 7) is 22.7. The van der Waals surface area contributed by atoms with Crippen LogP contribution in [0.25, 0.3) is 0 Å². The minimum atomic E-state index is -0.549. The van der Waals surface area contributed by atoms with Crippen molar-refractivity contribution in [3.63, 3.8) is 0 Å². The Kier molecular flexibility index (Phi) is 34.4. The van der Waals surface area contributed by atoms with Gasteiger partial charge in [0.1, 0.15) is 73.1 Å². The van der Waals surface area contributed by atoms with Gasteiger partial charge in [-0.3, -0.25) is 4.79 Å². The maximum Gasteiger partial charge on any atom is 1.00 e. The number of hydrogen-bond acceptors (Lipinski definition) is 16. The van der Waals surface area contributed by atoms with Gasteiger partial charge in [0, 0.05) is 16.2 Å². The summed E-state index contributed by atoms with van der Waals surface area (Å²) in [5, 5.41) is 64.0. The molecule has 18 heteroatoms. The molecule has 80 heavy (non-hydrogen) atoms. The Bertz CT molecular complexity index is 2530. The van der Waals surface area contributed by atoms with Crippen LogP contribution < -0.4 is 127 Å². The van der Waals surface area contributed by atoms with Crippen LogP contribution in [0.1, 0.15) is 111 Å². The Hall–Kier alpha value is -4.07. The molecule has 6 aromatic rings. The van der Waals surface area contributed by atoms with Crippen LogP contribution in [0.2, 0.25) is 0 Å². The summed E-state index contributed by atoms with van der Waals surface area (Å²) in [6.07, 6.45) is -2.25. The molecule has 1 heterocycles. The summed E-state index contributed by atoms with van der Waals surface area (Å²) < 4.78 is 31.1. The van der Waals surface area contributed by atoms with E-state index in [1.54, 1.807) is 52.0 Å². The largest absolute Gasteiger partial charge is 1.00 e. The molecule has 0 saturated carbocycles. The first-order chi connectivity index (χ1) is 36.8. The average molecular weight is 1160 g/mol. The van der Waals surface area contributed by atoms with E-state index >= 15 is 0 Å². The fraction of sp³-hybridized carbons (Fsp3) is 0.387. The fourth-order valence-corrected chi connectivity index (χ4v) is 7.45. The molecule has 0 aromatic heterocycles. The van der Waals surface area contributed by atoms with Crippen molar-refractivity contribution in [3.05, 3.63) is 179 Å². The third kappa shape index (κ3) is 26.0. The third-order valence-corrected chi connectivity index (χ3v) is 12.3. The van der Waals surface area contributed by atoms with Crippen LogP contribution in [0.15, 0.2) is 146 Å². The Morgan fingerprint density at radius 1 is 0.537 bits per heavy atom. The number of aromatic hydroxyl groups is 2. The molecule has 16 nitrogen and oxygen atoms in total. The average Bonchev–Trinajstić information content (AvgIpc) is 3.83. The van der Waals surface area contributed by atoms with Gasteiger partial charge < -0.3 is 70.6 Å². The first-order valence-electron chi connectivity index (χ1n) is 25.6. The van der Waals surface area contributed by atoms with Crippen molar-refractivity contribution < 1.29 is 183 Å². The normalized spacial score (nSPS) is 14.0. The molecule has 0 aliphatic carbocycles. The SMILES string of the molecule is CC(C)(c1ccc(O)cc1)c1ccc(O)cc1.CC(O)COc1ccc(C(C)(C)c2ccc(OC(C)CO)cc2)cc1.CC(O)COc1ccc(C(C)(C)c2ccc(OCC(C)O)cc2)cc1.CC1COC(=O)O1.O=CO[O-].[H-].[K+].[K+]. The second-order valence-electron chi connectivity index (χ2n) is 20.3. The van der Waals surface area contributed by atoms with E-state index < -0.39 is 24.5 Å². The van der Waals surface area contributed by atoms with E-state index in [0.717, 1.165) is 34.1 Å². The number of aliphatic hydroxyl groups is 4. The van der Waals surface area contributed by atoms with Crippen LogP contribution in [0.3, 0.4) is 0 Å². The first kappa shape index (κ1) is 73.9. The number of phenols is 2. The summed E-state index contributed by atoms with van der Waals surface area (Å²) >= 11 is 0. The molecular weight excluding hydrogens is 1080 g/mol. The predicted molar refractivity (Wildman–Crippen MR) is 297 cm³/mol. The van der Waals surface area contributed by atoms with Gasteiger partial charge in [0.05, 0.1) is 24.9 Å². The fourth-order valence-electron chi connectivity index (χ4n) is 7.45. The van der Waals surface area contributed by atoms with E-state index in [9.17, 15) is 30.3 Å². The number of cyclic esters (lactones) is 2. The Labute approximate surface area is 558 Å². The maximum atomic E-state index is 10.0. The number of phenolic OH excluding ortho intramolecular Hbond substituents is 2. The molecule has 6 N–H and O–H groups in total. The smallest absolute Gasteiger partial charge is 1.00 e. The molecule has 0 spiro atoms. The van der Waals surface area contributed by atoms with Gasteiger partial charge in [-0.1, -0.05) is 114 Å². The molecule has 426 valence electrons. The molecule has 7 rings (SSSR count). The minimum Gasteiger partial charge on any atom is -1.00 e. The molecule has 6 aromatic carbocycles. The van der Waals surface area contributed by atoms with Crippen LogP contribution in [0.4, 0.5) is 4.79 Å². The number of aliphatic hydroxyl groups excluding tert-OH is 4. The van der Waals surface area contributed by atoms with Crippen molar-refractivity contribution in [1.82, 2.24) is 0 Å². The second kappa shape index (κ2) is 37.2. The molecule has 0 radical (unpaired) electrons. The zero-order valence-corrected chi connectivity index (χ0v) is 54.9. The zero-order valence-electron chi connectivity index (χ0n) is 49.6. The molecule has 1 aliphatic heterocycles. The van der Waals surface area contributed by atoms with E-state index in [0.29, 0.717) is 6.61 Å². The second-order valence-corrected chi connectivity index (χ2v) is 20.3. The minimum absolute atomic E-state index is 0. The number of rotatable bonds is 19. The van der Waals surface area contributed by atoms with Gasteiger partial charge in [-0.05, 0) is 141 Å². The molecule has 0 bridgehead atoms. The van der Waals surface area contributed by atoms with E-state index in [2.05, 4.69) is 104 Å². The van der Waals surface area contributed by atoms with E-state index in [-0.39, 0.29) is 177 Å².